The molecule has 2 fully saturated rings. The second kappa shape index (κ2) is 5.19. The van der Waals surface area contributed by atoms with Crippen molar-refractivity contribution >= 4 is 23.5 Å². The molecule has 8 nitrogen and oxygen atoms in total. The van der Waals surface area contributed by atoms with Crippen molar-refractivity contribution in [1.29, 1.82) is 0 Å². The van der Waals surface area contributed by atoms with Gasteiger partial charge in [0.15, 0.2) is 0 Å². The zero-order valence-corrected chi connectivity index (χ0v) is 11.3. The number of nitrogens with one attached hydrogen (secondary N) is 2. The lowest BCUT2D eigenvalue weighted by molar-refractivity contribution is -0.139. The van der Waals surface area contributed by atoms with Gasteiger partial charge in [0.25, 0.3) is 0 Å². The Morgan fingerprint density at radius 3 is 2.71 bits per heavy atom. The van der Waals surface area contributed by atoms with Crippen LogP contribution in [0.4, 0.5) is 5.69 Å². The number of carboxylic acids is 1. The number of aliphatic carboxylic acids is 1. The Labute approximate surface area is 120 Å². The van der Waals surface area contributed by atoms with Crippen LogP contribution in [0.15, 0.2) is 12.4 Å². The van der Waals surface area contributed by atoms with Crippen LogP contribution in [-0.2, 0) is 20.9 Å². The molecule has 0 bridgehead atoms. The summed E-state index contributed by atoms with van der Waals surface area (Å²) in [5.41, 5.74) is 0.468. The molecular weight excluding hydrogens is 276 g/mol. The van der Waals surface area contributed by atoms with Crippen LogP contribution in [0.3, 0.4) is 0 Å². The van der Waals surface area contributed by atoms with E-state index in [1.807, 2.05) is 0 Å². The van der Waals surface area contributed by atoms with Crippen LogP contribution < -0.4 is 10.6 Å². The van der Waals surface area contributed by atoms with Gasteiger partial charge < -0.3 is 15.7 Å². The van der Waals surface area contributed by atoms with Gasteiger partial charge in [-0.15, -0.1) is 0 Å². The number of carbonyl (C=O) groups excluding carboxylic acids is 2. The first-order valence-electron chi connectivity index (χ1n) is 6.88. The van der Waals surface area contributed by atoms with E-state index in [1.54, 1.807) is 6.20 Å². The largest absolute Gasteiger partial charge is 0.481 e. The van der Waals surface area contributed by atoms with Crippen molar-refractivity contribution in [3.63, 3.8) is 0 Å². The van der Waals surface area contributed by atoms with Gasteiger partial charge in [0, 0.05) is 12.2 Å². The second-order valence-corrected chi connectivity index (χ2v) is 5.54. The predicted molar refractivity (Wildman–Crippen MR) is 71.3 cm³/mol. The highest BCUT2D eigenvalue weighted by Crippen LogP contribution is 2.39. The van der Waals surface area contributed by atoms with Crippen molar-refractivity contribution in [2.45, 2.75) is 31.8 Å². The number of hydrogen-bond acceptors (Lipinski definition) is 4. The topological polar surface area (TPSA) is 113 Å². The van der Waals surface area contributed by atoms with Crippen molar-refractivity contribution in [3.8, 4) is 0 Å². The molecule has 0 spiro atoms. The number of aromatic nitrogens is 2. The molecule has 8 heteroatoms. The Morgan fingerprint density at radius 2 is 2.10 bits per heavy atom. The minimum atomic E-state index is -0.942. The van der Waals surface area contributed by atoms with Gasteiger partial charge in [0.1, 0.15) is 6.54 Å². The lowest BCUT2D eigenvalue weighted by atomic mass is 10.3. The quantitative estimate of drug-likeness (QED) is 0.673. The van der Waals surface area contributed by atoms with Crippen LogP contribution >= 0.6 is 0 Å². The summed E-state index contributed by atoms with van der Waals surface area (Å²) in [6.07, 6.45) is 5.43. The highest BCUT2D eigenvalue weighted by Gasteiger charge is 2.48. The maximum atomic E-state index is 11.8. The van der Waals surface area contributed by atoms with E-state index >= 15 is 0 Å². The Kier molecular flexibility index (Phi) is 3.36. The predicted octanol–water partition coefficient (Wildman–Crippen LogP) is -0.179. The van der Waals surface area contributed by atoms with Crippen LogP contribution in [0.5, 0.6) is 0 Å². The van der Waals surface area contributed by atoms with Crippen LogP contribution in [0.25, 0.3) is 0 Å². The number of carboxylic acid groups (broad SMARTS) is 1. The number of carbonyl (C=O) groups is 3. The third-order valence-corrected chi connectivity index (χ3v) is 3.59. The molecule has 21 heavy (non-hydrogen) atoms. The van der Waals surface area contributed by atoms with E-state index < -0.39 is 17.8 Å². The first-order valence-corrected chi connectivity index (χ1v) is 6.88. The lowest BCUT2D eigenvalue weighted by Gasteiger charge is -2.03. The van der Waals surface area contributed by atoms with Crippen molar-refractivity contribution in [2.75, 3.05) is 5.32 Å². The molecule has 2 saturated carbocycles. The van der Waals surface area contributed by atoms with E-state index in [1.165, 1.54) is 10.9 Å². The average Bonchev–Trinajstić information content (AvgIpc) is 3.29. The summed E-state index contributed by atoms with van der Waals surface area (Å²) < 4.78 is 1.44. The first-order chi connectivity index (χ1) is 10.0. The van der Waals surface area contributed by atoms with Gasteiger partial charge in [-0.25, -0.2) is 0 Å². The summed E-state index contributed by atoms with van der Waals surface area (Å²) in [4.78, 5) is 34.1. The maximum absolute atomic E-state index is 11.8. The summed E-state index contributed by atoms with van der Waals surface area (Å²) in [5.74, 6) is -2.41. The highest BCUT2D eigenvalue weighted by molar-refractivity contribution is 5.98. The molecule has 2 amide bonds. The lowest BCUT2D eigenvalue weighted by Crippen LogP contribution is -2.29. The molecule has 0 radical (unpaired) electrons. The fraction of sp³-hybridized carbons (Fsp3) is 0.538. The molecule has 0 aromatic carbocycles. The Bertz CT molecular complexity index is 593. The fourth-order valence-corrected chi connectivity index (χ4v) is 2.16. The van der Waals surface area contributed by atoms with E-state index in [-0.39, 0.29) is 18.4 Å². The highest BCUT2D eigenvalue weighted by atomic mass is 16.4. The molecule has 2 atom stereocenters. The Morgan fingerprint density at radius 1 is 1.33 bits per heavy atom. The Hall–Kier alpha value is -2.38. The summed E-state index contributed by atoms with van der Waals surface area (Å²) in [6, 6.07) is 0.301. The van der Waals surface area contributed by atoms with Crippen LogP contribution in [0.2, 0.25) is 0 Å². The summed E-state index contributed by atoms with van der Waals surface area (Å²) in [6.45, 7) is 0.105. The smallest absolute Gasteiger partial charge is 0.307 e. The molecule has 1 heterocycles. The maximum Gasteiger partial charge on any atom is 0.307 e. The molecule has 3 N–H and O–H groups in total. The normalized spacial score (nSPS) is 23.4. The van der Waals surface area contributed by atoms with Gasteiger partial charge in [-0.2, -0.15) is 5.10 Å². The minimum absolute atomic E-state index is 0.105. The number of anilines is 1. The minimum Gasteiger partial charge on any atom is -0.481 e. The van der Waals surface area contributed by atoms with E-state index in [4.69, 9.17) is 5.11 Å². The van der Waals surface area contributed by atoms with Gasteiger partial charge in [-0.3, -0.25) is 19.1 Å². The van der Waals surface area contributed by atoms with Gasteiger partial charge in [0.2, 0.25) is 11.8 Å². The summed E-state index contributed by atoms with van der Waals surface area (Å²) in [7, 11) is 0. The standard InChI is InChI=1S/C13H16N4O4/c18-11(15-7-1-2-7)6-17-5-8(4-14-17)16-12(19)9-3-10(9)13(20)21/h4-5,7,9-10H,1-3,6H2,(H,15,18)(H,16,19)(H,20,21)/t9-,10+/m1/s1. The summed E-state index contributed by atoms with van der Waals surface area (Å²) >= 11 is 0. The molecule has 0 unspecified atom stereocenters. The van der Waals surface area contributed by atoms with Crippen molar-refractivity contribution in [1.82, 2.24) is 15.1 Å². The van der Waals surface area contributed by atoms with E-state index in [2.05, 4.69) is 15.7 Å². The SMILES string of the molecule is O=C(Cn1cc(NC(=O)[C@@H]2C[C@@H]2C(=O)O)cn1)NC1CC1. The van der Waals surface area contributed by atoms with Gasteiger partial charge in [-0.05, 0) is 19.3 Å². The van der Waals surface area contributed by atoms with Crippen molar-refractivity contribution in [2.24, 2.45) is 11.8 Å². The van der Waals surface area contributed by atoms with Crippen molar-refractivity contribution in [3.05, 3.63) is 12.4 Å². The second-order valence-electron chi connectivity index (χ2n) is 5.54. The van der Waals surface area contributed by atoms with E-state index in [9.17, 15) is 14.4 Å². The van der Waals surface area contributed by atoms with Crippen molar-refractivity contribution < 1.29 is 19.5 Å². The molecular formula is C13H16N4O4. The molecule has 112 valence electrons. The number of amides is 2. The van der Waals surface area contributed by atoms with Crippen LogP contribution in [0, 0.1) is 11.8 Å². The third-order valence-electron chi connectivity index (χ3n) is 3.59. The summed E-state index contributed by atoms with van der Waals surface area (Å²) in [5, 5.41) is 18.2. The monoisotopic (exact) mass is 292 g/mol. The van der Waals surface area contributed by atoms with Gasteiger partial charge in [-0.1, -0.05) is 0 Å². The molecule has 2 aliphatic rings. The van der Waals surface area contributed by atoms with Gasteiger partial charge in [0.05, 0.1) is 23.7 Å². The number of rotatable bonds is 6. The molecule has 2 aliphatic carbocycles. The molecule has 3 rings (SSSR count). The molecule has 1 aromatic rings. The molecule has 1 aromatic heterocycles. The molecule has 0 saturated heterocycles. The van der Waals surface area contributed by atoms with Crippen LogP contribution in [0.1, 0.15) is 19.3 Å². The van der Waals surface area contributed by atoms with Crippen LogP contribution in [-0.4, -0.2) is 38.7 Å². The molecule has 0 aliphatic heterocycles. The zero-order chi connectivity index (χ0) is 15.0. The van der Waals surface area contributed by atoms with Gasteiger partial charge >= 0.3 is 5.97 Å². The zero-order valence-electron chi connectivity index (χ0n) is 11.3. The first kappa shape index (κ1) is 13.6. The van der Waals surface area contributed by atoms with E-state index in [0.717, 1.165) is 12.8 Å². The number of nitrogens with zero attached hydrogens (tertiary/aromatic N) is 2. The third kappa shape index (κ3) is 3.39. The van der Waals surface area contributed by atoms with E-state index in [0.29, 0.717) is 18.2 Å². The Balaban J connectivity index is 1.49. The average molecular weight is 292 g/mol. The number of hydrogen-bond donors (Lipinski definition) is 3. The fourth-order valence-electron chi connectivity index (χ4n) is 2.16.